The van der Waals surface area contributed by atoms with Crippen LogP contribution in [0.4, 0.5) is 0 Å². The summed E-state index contributed by atoms with van der Waals surface area (Å²) in [6.07, 6.45) is 0. The number of carbonyl (C=O) groups excluding carboxylic acids is 1. The van der Waals surface area contributed by atoms with E-state index in [1.54, 1.807) is 12.1 Å². The van der Waals surface area contributed by atoms with E-state index in [0.29, 0.717) is 0 Å². The second-order valence-electron chi connectivity index (χ2n) is 2.51. The summed E-state index contributed by atoms with van der Waals surface area (Å²) in [5.41, 5.74) is 5.94. The summed E-state index contributed by atoms with van der Waals surface area (Å²) in [4.78, 5) is 14.2. The highest BCUT2D eigenvalue weighted by molar-refractivity contribution is 7.80. The first-order valence-electron chi connectivity index (χ1n) is 3.81. The van der Waals surface area contributed by atoms with Crippen LogP contribution in [0.5, 0.6) is 0 Å². The molecule has 5 heteroatoms. The molecular weight excluding hydrogens is 200 g/mol. The molecule has 0 saturated heterocycles. The largest absolute Gasteiger partial charge is 0.386 e. The summed E-state index contributed by atoms with van der Waals surface area (Å²) in [6, 6.07) is 9.12. The van der Waals surface area contributed by atoms with E-state index in [1.807, 2.05) is 18.2 Å². The predicted molar refractivity (Wildman–Crippen MR) is 59.2 cm³/mol. The zero-order valence-electron chi connectivity index (χ0n) is 6.99. The van der Waals surface area contributed by atoms with E-state index in [0.717, 1.165) is 5.56 Å². The smallest absolute Gasteiger partial charge is 0.205 e. The van der Waals surface area contributed by atoms with Crippen molar-refractivity contribution in [3.05, 3.63) is 35.9 Å². The third-order valence-electron chi connectivity index (χ3n) is 1.52. The van der Waals surface area contributed by atoms with Crippen LogP contribution in [0.2, 0.25) is 0 Å². The third kappa shape index (κ3) is 3.35. The monoisotopic (exact) mass is 210 g/mol. The second kappa shape index (κ2) is 4.73. The Balaban J connectivity index is 2.54. The highest BCUT2D eigenvalue weighted by Gasteiger charge is 2.04. The first-order valence-corrected chi connectivity index (χ1v) is 5.64. The van der Waals surface area contributed by atoms with E-state index >= 15 is 0 Å². The van der Waals surface area contributed by atoms with E-state index < -0.39 is 9.68 Å². The summed E-state index contributed by atoms with van der Waals surface area (Å²) in [7, 11) is -1.07. The van der Waals surface area contributed by atoms with Crippen LogP contribution in [-0.2, 0) is 0 Å². The number of hydrogen-bond donors (Lipinski definition) is 2. The summed E-state index contributed by atoms with van der Waals surface area (Å²) in [5.74, 6) is 0. The van der Waals surface area contributed by atoms with E-state index in [4.69, 9.17) is 5.73 Å². The predicted octanol–water partition coefficient (Wildman–Crippen LogP) is -0.256. The lowest BCUT2D eigenvalue weighted by Gasteiger charge is -2.01. The minimum Gasteiger partial charge on any atom is -0.386 e. The number of hydrogen-bond acceptors (Lipinski definition) is 2. The van der Waals surface area contributed by atoms with Gasteiger partial charge in [0.1, 0.15) is 0 Å². The Morgan fingerprint density at radius 2 is 2.00 bits per heavy atom. The first kappa shape index (κ1) is 9.88. The van der Waals surface area contributed by atoms with Gasteiger partial charge >= 0.3 is 0 Å². The van der Waals surface area contributed by atoms with Gasteiger partial charge in [-0.05, 0) is 12.2 Å². The van der Waals surface area contributed by atoms with Crippen molar-refractivity contribution in [2.45, 2.75) is 0 Å². The fourth-order valence-electron chi connectivity index (χ4n) is 0.894. The van der Waals surface area contributed by atoms with Crippen LogP contribution in [0, 0.1) is 0 Å². The highest BCUT2D eigenvalue weighted by atomic mass is 32.1. The number of benzene rings is 1. The minimum absolute atomic E-state index is 0.119. The highest BCUT2D eigenvalue weighted by Crippen LogP contribution is 1.97. The third-order valence-corrected chi connectivity index (χ3v) is 3.21. The number of rotatable bonds is 3. The van der Waals surface area contributed by atoms with Crippen molar-refractivity contribution in [1.29, 1.82) is 0 Å². The summed E-state index contributed by atoms with van der Waals surface area (Å²) in [6.45, 7) is 0. The fraction of sp³-hybridized carbons (Fsp3) is 0. The van der Waals surface area contributed by atoms with Gasteiger partial charge in [-0.2, -0.15) is 0 Å². The molecule has 0 radical (unpaired) electrons. The average molecular weight is 210 g/mol. The SMILES string of the molecule is NC(=S)N[SiH2]C(=O)c1ccccc1. The molecule has 1 aromatic carbocycles. The number of nitrogens with two attached hydrogens (primary N) is 1. The molecule has 0 fully saturated rings. The molecular formula is C8H10N2OSSi. The normalized spacial score (nSPS) is 10.2. The lowest BCUT2D eigenvalue weighted by Crippen LogP contribution is -2.36. The maximum Gasteiger partial charge on any atom is 0.205 e. The maximum absolute atomic E-state index is 11.4. The van der Waals surface area contributed by atoms with Crippen LogP contribution >= 0.6 is 12.2 Å². The van der Waals surface area contributed by atoms with E-state index in [-0.39, 0.29) is 10.5 Å². The Kier molecular flexibility index (Phi) is 3.60. The molecule has 0 amide bonds. The van der Waals surface area contributed by atoms with Gasteiger partial charge in [0.25, 0.3) is 0 Å². The molecule has 3 N–H and O–H groups in total. The Morgan fingerprint density at radius 3 is 2.54 bits per heavy atom. The van der Waals surface area contributed by atoms with Crippen molar-refractivity contribution in [2.75, 3.05) is 0 Å². The fourth-order valence-corrected chi connectivity index (χ4v) is 1.88. The summed E-state index contributed by atoms with van der Waals surface area (Å²) in [5, 5.41) is 0.323. The van der Waals surface area contributed by atoms with Gasteiger partial charge in [0, 0.05) is 5.56 Å². The molecule has 0 saturated carbocycles. The summed E-state index contributed by atoms with van der Waals surface area (Å²) < 4.78 is 0. The molecule has 68 valence electrons. The molecule has 0 aliphatic carbocycles. The lowest BCUT2D eigenvalue weighted by molar-refractivity contribution is 0.107. The molecule has 0 aromatic heterocycles. The van der Waals surface area contributed by atoms with E-state index in [1.165, 1.54) is 0 Å². The number of nitrogens with one attached hydrogen (secondary N) is 1. The van der Waals surface area contributed by atoms with Crippen LogP contribution in [0.25, 0.3) is 0 Å². The standard InChI is InChI=1S/C8H10N2OSSi/c9-8(12)10-13-7(11)6-4-2-1-3-5-6/h1-5H,13H2,(H3,9,10,12). The topological polar surface area (TPSA) is 55.1 Å². The Labute approximate surface area is 84.2 Å². The summed E-state index contributed by atoms with van der Waals surface area (Å²) >= 11 is 4.61. The van der Waals surface area contributed by atoms with Crippen LogP contribution in [-0.4, -0.2) is 20.2 Å². The Hall–Kier alpha value is -1.20. The van der Waals surface area contributed by atoms with Crippen molar-refractivity contribution < 1.29 is 4.79 Å². The quantitative estimate of drug-likeness (QED) is 0.533. The Morgan fingerprint density at radius 1 is 1.38 bits per heavy atom. The molecule has 0 heterocycles. The van der Waals surface area contributed by atoms with Gasteiger partial charge in [0.15, 0.2) is 10.5 Å². The number of thiocarbonyl (C=S) groups is 1. The van der Waals surface area contributed by atoms with Gasteiger partial charge in [0.05, 0.1) is 0 Å². The van der Waals surface area contributed by atoms with Gasteiger partial charge in [-0.3, -0.25) is 4.79 Å². The molecule has 1 aromatic rings. The maximum atomic E-state index is 11.4. The van der Waals surface area contributed by atoms with E-state index in [2.05, 4.69) is 17.2 Å². The number of carbonyl (C=O) groups is 1. The molecule has 13 heavy (non-hydrogen) atoms. The molecule has 0 spiro atoms. The van der Waals surface area contributed by atoms with Crippen LogP contribution in [0.3, 0.4) is 0 Å². The van der Waals surface area contributed by atoms with Crippen molar-refractivity contribution >= 4 is 32.4 Å². The average Bonchev–Trinajstić information content (AvgIpc) is 2.15. The molecule has 0 aliphatic rings. The first-order chi connectivity index (χ1) is 6.20. The van der Waals surface area contributed by atoms with Crippen molar-refractivity contribution in [3.8, 4) is 0 Å². The van der Waals surface area contributed by atoms with Gasteiger partial charge in [-0.1, -0.05) is 30.3 Å². The zero-order valence-corrected chi connectivity index (χ0v) is 9.22. The van der Waals surface area contributed by atoms with Gasteiger partial charge in [0.2, 0.25) is 9.68 Å². The van der Waals surface area contributed by atoms with Crippen LogP contribution in [0.15, 0.2) is 30.3 Å². The van der Waals surface area contributed by atoms with E-state index in [9.17, 15) is 4.79 Å². The van der Waals surface area contributed by atoms with Crippen LogP contribution < -0.4 is 10.7 Å². The lowest BCUT2D eigenvalue weighted by atomic mass is 10.2. The zero-order chi connectivity index (χ0) is 9.68. The molecule has 1 rings (SSSR count). The van der Waals surface area contributed by atoms with Crippen molar-refractivity contribution in [3.63, 3.8) is 0 Å². The van der Waals surface area contributed by atoms with Gasteiger partial charge < -0.3 is 10.7 Å². The van der Waals surface area contributed by atoms with Crippen molar-refractivity contribution in [1.82, 2.24) is 4.98 Å². The van der Waals surface area contributed by atoms with Crippen molar-refractivity contribution in [2.24, 2.45) is 5.73 Å². The molecule has 0 unspecified atom stereocenters. The molecule has 0 atom stereocenters. The minimum atomic E-state index is -1.07. The van der Waals surface area contributed by atoms with Crippen LogP contribution in [0.1, 0.15) is 10.4 Å². The van der Waals surface area contributed by atoms with Gasteiger partial charge in [-0.15, -0.1) is 0 Å². The molecule has 3 nitrogen and oxygen atoms in total. The molecule has 0 bridgehead atoms. The van der Waals surface area contributed by atoms with Gasteiger partial charge in [-0.25, -0.2) is 0 Å². The second-order valence-corrected chi connectivity index (χ2v) is 4.30. The Bertz CT molecular complexity index is 315. The molecule has 0 aliphatic heterocycles.